The molecule has 0 heterocycles. The molecule has 0 aromatic heterocycles. The number of para-hydroxylation sites is 1. The SMILES string of the molecule is Cl.N[C@@H](CC(=O)O)c1cccc(Oc2ccccc2)c1. The summed E-state index contributed by atoms with van der Waals surface area (Å²) in [5.74, 6) is 0.456. The number of rotatable bonds is 5. The molecule has 106 valence electrons. The molecule has 0 radical (unpaired) electrons. The Hall–Kier alpha value is -2.04. The van der Waals surface area contributed by atoms with Gasteiger partial charge in [0.25, 0.3) is 0 Å². The van der Waals surface area contributed by atoms with Gasteiger partial charge >= 0.3 is 5.97 Å². The lowest BCUT2D eigenvalue weighted by atomic mass is 10.0. The van der Waals surface area contributed by atoms with Gasteiger partial charge in [-0.15, -0.1) is 12.4 Å². The molecule has 1 atom stereocenters. The maximum Gasteiger partial charge on any atom is 0.305 e. The minimum Gasteiger partial charge on any atom is -0.481 e. The number of carbonyl (C=O) groups is 1. The van der Waals surface area contributed by atoms with Gasteiger partial charge in [-0.1, -0.05) is 30.3 Å². The van der Waals surface area contributed by atoms with Crippen LogP contribution in [0, 0.1) is 0 Å². The summed E-state index contributed by atoms with van der Waals surface area (Å²) in [5.41, 5.74) is 6.57. The van der Waals surface area contributed by atoms with Crippen molar-refractivity contribution in [3.05, 3.63) is 60.2 Å². The lowest BCUT2D eigenvalue weighted by Gasteiger charge is -2.11. The van der Waals surface area contributed by atoms with E-state index in [-0.39, 0.29) is 18.8 Å². The van der Waals surface area contributed by atoms with Gasteiger partial charge in [-0.2, -0.15) is 0 Å². The zero-order valence-electron chi connectivity index (χ0n) is 10.7. The van der Waals surface area contributed by atoms with Crippen LogP contribution in [0.2, 0.25) is 0 Å². The van der Waals surface area contributed by atoms with E-state index in [4.69, 9.17) is 15.6 Å². The van der Waals surface area contributed by atoms with Crippen LogP contribution < -0.4 is 10.5 Å². The van der Waals surface area contributed by atoms with E-state index in [1.807, 2.05) is 36.4 Å². The van der Waals surface area contributed by atoms with Crippen molar-refractivity contribution in [3.63, 3.8) is 0 Å². The van der Waals surface area contributed by atoms with E-state index in [9.17, 15) is 4.79 Å². The van der Waals surface area contributed by atoms with E-state index in [1.54, 1.807) is 18.2 Å². The first kappa shape index (κ1) is 16.0. The van der Waals surface area contributed by atoms with Gasteiger partial charge in [-0.05, 0) is 29.8 Å². The second-order valence-corrected chi connectivity index (χ2v) is 4.19. The Labute approximate surface area is 123 Å². The molecule has 2 rings (SSSR count). The molecule has 4 nitrogen and oxygen atoms in total. The summed E-state index contributed by atoms with van der Waals surface area (Å²) in [5, 5.41) is 8.74. The second kappa shape index (κ2) is 7.53. The highest BCUT2D eigenvalue weighted by molar-refractivity contribution is 5.85. The molecule has 2 aromatic rings. The molecule has 0 bridgehead atoms. The van der Waals surface area contributed by atoms with Crippen molar-refractivity contribution in [1.82, 2.24) is 0 Å². The summed E-state index contributed by atoms with van der Waals surface area (Å²) in [4.78, 5) is 10.6. The highest BCUT2D eigenvalue weighted by Gasteiger charge is 2.11. The monoisotopic (exact) mass is 293 g/mol. The quantitative estimate of drug-likeness (QED) is 0.886. The first-order valence-corrected chi connectivity index (χ1v) is 5.95. The number of hydrogen-bond acceptors (Lipinski definition) is 3. The van der Waals surface area contributed by atoms with Crippen LogP contribution in [0.3, 0.4) is 0 Å². The summed E-state index contributed by atoms with van der Waals surface area (Å²) in [6.45, 7) is 0. The topological polar surface area (TPSA) is 72.6 Å². The van der Waals surface area contributed by atoms with Crippen LogP contribution in [0.5, 0.6) is 11.5 Å². The number of benzene rings is 2. The molecule has 0 fully saturated rings. The lowest BCUT2D eigenvalue weighted by Crippen LogP contribution is -2.14. The Morgan fingerprint density at radius 2 is 1.75 bits per heavy atom. The van der Waals surface area contributed by atoms with Crippen molar-refractivity contribution in [1.29, 1.82) is 0 Å². The first-order chi connectivity index (χ1) is 9.15. The van der Waals surface area contributed by atoms with Crippen molar-refractivity contribution in [2.45, 2.75) is 12.5 Å². The van der Waals surface area contributed by atoms with Gasteiger partial charge in [-0.25, -0.2) is 0 Å². The molecule has 0 aliphatic rings. The van der Waals surface area contributed by atoms with Gasteiger partial charge in [0.2, 0.25) is 0 Å². The summed E-state index contributed by atoms with van der Waals surface area (Å²) in [6, 6.07) is 16.0. The largest absolute Gasteiger partial charge is 0.481 e. The predicted octanol–water partition coefficient (Wildman–Crippen LogP) is 3.38. The van der Waals surface area contributed by atoms with Crippen LogP contribution in [0.1, 0.15) is 18.0 Å². The first-order valence-electron chi connectivity index (χ1n) is 5.95. The smallest absolute Gasteiger partial charge is 0.305 e. The van der Waals surface area contributed by atoms with E-state index in [0.717, 1.165) is 11.3 Å². The third-order valence-corrected chi connectivity index (χ3v) is 2.66. The number of hydrogen-bond donors (Lipinski definition) is 2. The number of carboxylic acid groups (broad SMARTS) is 1. The van der Waals surface area contributed by atoms with Gasteiger partial charge in [-0.3, -0.25) is 4.79 Å². The van der Waals surface area contributed by atoms with Crippen molar-refractivity contribution in [2.75, 3.05) is 0 Å². The summed E-state index contributed by atoms with van der Waals surface area (Å²) >= 11 is 0. The zero-order chi connectivity index (χ0) is 13.7. The van der Waals surface area contributed by atoms with Gasteiger partial charge in [0.05, 0.1) is 6.42 Å². The van der Waals surface area contributed by atoms with Crippen molar-refractivity contribution >= 4 is 18.4 Å². The predicted molar refractivity (Wildman–Crippen MR) is 79.4 cm³/mol. The molecule has 0 aliphatic carbocycles. The van der Waals surface area contributed by atoms with E-state index < -0.39 is 12.0 Å². The van der Waals surface area contributed by atoms with Gasteiger partial charge in [0, 0.05) is 6.04 Å². The van der Waals surface area contributed by atoms with Crippen LogP contribution in [0.15, 0.2) is 54.6 Å². The molecule has 0 aliphatic heterocycles. The van der Waals surface area contributed by atoms with Crippen molar-refractivity contribution < 1.29 is 14.6 Å². The number of nitrogens with two attached hydrogens (primary N) is 1. The van der Waals surface area contributed by atoms with E-state index in [1.165, 1.54) is 0 Å². The van der Waals surface area contributed by atoms with Crippen molar-refractivity contribution in [2.24, 2.45) is 5.73 Å². The van der Waals surface area contributed by atoms with Gasteiger partial charge in [0.1, 0.15) is 11.5 Å². The maximum atomic E-state index is 10.6. The Bertz CT molecular complexity index is 560. The second-order valence-electron chi connectivity index (χ2n) is 4.19. The van der Waals surface area contributed by atoms with Crippen LogP contribution in [0.25, 0.3) is 0 Å². The molecule has 5 heteroatoms. The standard InChI is InChI=1S/C15H15NO3.ClH/c16-14(10-15(17)18)11-5-4-8-13(9-11)19-12-6-2-1-3-7-12;/h1-9,14H,10,16H2,(H,17,18);1H/t14-;/m0./s1. The molecule has 0 unspecified atom stereocenters. The fourth-order valence-corrected chi connectivity index (χ4v) is 1.74. The van der Waals surface area contributed by atoms with Crippen LogP contribution >= 0.6 is 12.4 Å². The van der Waals surface area contributed by atoms with Gasteiger partial charge < -0.3 is 15.6 Å². The number of aliphatic carboxylic acids is 1. The van der Waals surface area contributed by atoms with Crippen LogP contribution in [-0.2, 0) is 4.79 Å². The Morgan fingerprint density at radius 3 is 2.40 bits per heavy atom. The third kappa shape index (κ3) is 4.57. The Kier molecular flexibility index (Phi) is 6.03. The summed E-state index contributed by atoms with van der Waals surface area (Å²) in [7, 11) is 0. The molecule has 2 aromatic carbocycles. The van der Waals surface area contributed by atoms with E-state index in [0.29, 0.717) is 5.75 Å². The summed E-state index contributed by atoms with van der Waals surface area (Å²) < 4.78 is 5.67. The van der Waals surface area contributed by atoms with Crippen LogP contribution in [-0.4, -0.2) is 11.1 Å². The van der Waals surface area contributed by atoms with Crippen molar-refractivity contribution in [3.8, 4) is 11.5 Å². The van der Waals surface area contributed by atoms with E-state index in [2.05, 4.69) is 0 Å². The highest BCUT2D eigenvalue weighted by Crippen LogP contribution is 2.24. The number of carboxylic acids is 1. The fourth-order valence-electron chi connectivity index (χ4n) is 1.74. The maximum absolute atomic E-state index is 10.6. The number of ether oxygens (including phenoxy) is 1. The molecule has 0 spiro atoms. The highest BCUT2D eigenvalue weighted by atomic mass is 35.5. The minimum atomic E-state index is -0.915. The average Bonchev–Trinajstić information content (AvgIpc) is 2.39. The van der Waals surface area contributed by atoms with E-state index >= 15 is 0 Å². The van der Waals surface area contributed by atoms with Gasteiger partial charge in [0.15, 0.2) is 0 Å². The Balaban J connectivity index is 0.00000200. The third-order valence-electron chi connectivity index (χ3n) is 2.66. The molecular formula is C15H16ClNO3. The molecule has 0 amide bonds. The average molecular weight is 294 g/mol. The minimum absolute atomic E-state index is 0. The molecule has 20 heavy (non-hydrogen) atoms. The lowest BCUT2D eigenvalue weighted by molar-refractivity contribution is -0.137. The molecule has 3 N–H and O–H groups in total. The molecular weight excluding hydrogens is 278 g/mol. The van der Waals surface area contributed by atoms with Crippen LogP contribution in [0.4, 0.5) is 0 Å². The summed E-state index contributed by atoms with van der Waals surface area (Å²) in [6.07, 6.45) is -0.102. The Morgan fingerprint density at radius 1 is 1.10 bits per heavy atom. The molecule has 0 saturated carbocycles. The normalized spacial score (nSPS) is 11.2. The number of halogens is 1. The zero-order valence-corrected chi connectivity index (χ0v) is 11.5. The molecule has 0 saturated heterocycles. The fraction of sp³-hybridized carbons (Fsp3) is 0.133.